The van der Waals surface area contributed by atoms with Crippen LogP contribution >= 0.6 is 0 Å². The van der Waals surface area contributed by atoms with Gasteiger partial charge < -0.3 is 20.3 Å². The summed E-state index contributed by atoms with van der Waals surface area (Å²) >= 11 is 0. The topological polar surface area (TPSA) is 81.8 Å². The van der Waals surface area contributed by atoms with Crippen LogP contribution in [-0.2, 0) is 22.4 Å². The summed E-state index contributed by atoms with van der Waals surface area (Å²) in [6.07, 6.45) is -5.39. The van der Waals surface area contributed by atoms with E-state index < -0.39 is 35.8 Å². The molecule has 0 bridgehead atoms. The smallest absolute Gasteiger partial charge is 0.419 e. The number of ether oxygens (including phenoxy) is 2. The van der Waals surface area contributed by atoms with Crippen molar-refractivity contribution in [2.75, 3.05) is 6.61 Å². The average Bonchev–Trinajstić information content (AvgIpc) is 2.90. The highest BCUT2D eigenvalue weighted by Crippen LogP contribution is 2.37. The number of alkyl halides is 3. The molecule has 0 fully saturated rings. The first-order valence-corrected chi connectivity index (χ1v) is 7.86. The lowest BCUT2D eigenvalue weighted by molar-refractivity contribution is -0.268. The minimum atomic E-state index is -5.11. The van der Waals surface area contributed by atoms with Gasteiger partial charge in [-0.2, -0.15) is 13.2 Å². The summed E-state index contributed by atoms with van der Waals surface area (Å²) in [5.74, 6) is -0.701. The zero-order chi connectivity index (χ0) is 19.0. The molecule has 8 heteroatoms. The predicted molar refractivity (Wildman–Crippen MR) is 84.2 cm³/mol. The summed E-state index contributed by atoms with van der Waals surface area (Å²) in [5.41, 5.74) is 1.99. The molecule has 1 heterocycles. The molecule has 0 saturated carbocycles. The van der Waals surface area contributed by atoms with Gasteiger partial charge in [0.25, 0.3) is 0 Å². The van der Waals surface area contributed by atoms with E-state index in [-0.39, 0.29) is 5.56 Å². The van der Waals surface area contributed by atoms with Crippen LogP contribution in [0, 0.1) is 0 Å². The summed E-state index contributed by atoms with van der Waals surface area (Å²) < 4.78 is 50.9. The van der Waals surface area contributed by atoms with Gasteiger partial charge in [-0.15, -0.1) is 0 Å². The van der Waals surface area contributed by atoms with Gasteiger partial charge in [-0.1, -0.05) is 12.1 Å². The van der Waals surface area contributed by atoms with Crippen LogP contribution in [0.4, 0.5) is 13.2 Å². The maximum atomic E-state index is 13.5. The molecule has 0 amide bonds. The van der Waals surface area contributed by atoms with Crippen LogP contribution in [0.25, 0.3) is 0 Å². The number of carbonyl (C=O) groups excluding carboxylic acids is 1. The fraction of sp³-hybridized carbons (Fsp3) is 0.588. The molecule has 1 aromatic carbocycles. The lowest BCUT2D eigenvalue weighted by atomic mass is 9.86. The first-order valence-electron chi connectivity index (χ1n) is 7.86. The van der Waals surface area contributed by atoms with Gasteiger partial charge in [-0.05, 0) is 38.0 Å². The number of carbonyl (C=O) groups is 1. The highest BCUT2D eigenvalue weighted by molar-refractivity contribution is 5.78. The van der Waals surface area contributed by atoms with E-state index in [0.717, 1.165) is 5.56 Å². The van der Waals surface area contributed by atoms with Gasteiger partial charge in [0.15, 0.2) is 5.60 Å². The van der Waals surface area contributed by atoms with Crippen molar-refractivity contribution in [3.63, 3.8) is 0 Å². The molecule has 0 spiro atoms. The van der Waals surface area contributed by atoms with Crippen LogP contribution in [0.2, 0.25) is 0 Å². The number of benzene rings is 1. The van der Waals surface area contributed by atoms with Crippen molar-refractivity contribution in [1.82, 2.24) is 0 Å². The van der Waals surface area contributed by atoms with Crippen LogP contribution in [0.3, 0.4) is 0 Å². The van der Waals surface area contributed by atoms with Gasteiger partial charge in [0.2, 0.25) is 0 Å². The van der Waals surface area contributed by atoms with E-state index in [1.165, 1.54) is 32.9 Å². The second kappa shape index (κ2) is 6.49. The number of fused-ring (bicyclic) bond motifs is 1. The van der Waals surface area contributed by atoms with Gasteiger partial charge in [0.1, 0.15) is 17.4 Å². The van der Waals surface area contributed by atoms with E-state index >= 15 is 0 Å². The zero-order valence-corrected chi connectivity index (χ0v) is 14.3. The second-order valence-corrected chi connectivity index (χ2v) is 7.15. The fourth-order valence-corrected chi connectivity index (χ4v) is 2.61. The molecule has 5 nitrogen and oxygen atoms in total. The molecule has 140 valence electrons. The first kappa shape index (κ1) is 19.5. The van der Waals surface area contributed by atoms with Crippen molar-refractivity contribution in [3.8, 4) is 5.75 Å². The third kappa shape index (κ3) is 4.24. The molecule has 2 rings (SSSR count). The SMILES string of the molecule is CC(C)(C)OC(=O)[C@@H](N)[C@](O)(Cc1ccc2c(c1)CCO2)C(F)(F)F. The number of aliphatic hydroxyl groups is 1. The number of halogens is 3. The molecule has 0 aromatic heterocycles. The van der Waals surface area contributed by atoms with Gasteiger partial charge in [-0.25, -0.2) is 0 Å². The summed E-state index contributed by atoms with van der Waals surface area (Å²) in [7, 11) is 0. The molecule has 1 aromatic rings. The van der Waals surface area contributed by atoms with Crippen LogP contribution in [-0.4, -0.2) is 41.1 Å². The maximum absolute atomic E-state index is 13.5. The Hall–Kier alpha value is -1.80. The molecular formula is C17H22F3NO4. The van der Waals surface area contributed by atoms with Crippen LogP contribution < -0.4 is 10.5 Å². The Kier molecular flexibility index (Phi) is 5.07. The lowest BCUT2D eigenvalue weighted by Gasteiger charge is -2.35. The van der Waals surface area contributed by atoms with E-state index in [1.807, 2.05) is 0 Å². The Morgan fingerprint density at radius 2 is 2.00 bits per heavy atom. The van der Waals surface area contributed by atoms with Gasteiger partial charge >= 0.3 is 12.1 Å². The Morgan fingerprint density at radius 1 is 1.36 bits per heavy atom. The van der Waals surface area contributed by atoms with E-state index in [1.54, 1.807) is 6.07 Å². The molecule has 25 heavy (non-hydrogen) atoms. The number of hydrogen-bond acceptors (Lipinski definition) is 5. The number of rotatable bonds is 4. The van der Waals surface area contributed by atoms with Crippen molar-refractivity contribution < 1.29 is 32.5 Å². The van der Waals surface area contributed by atoms with Crippen molar-refractivity contribution in [2.24, 2.45) is 5.73 Å². The van der Waals surface area contributed by atoms with E-state index in [0.29, 0.717) is 18.8 Å². The highest BCUT2D eigenvalue weighted by Gasteiger charge is 2.60. The molecule has 1 aliphatic rings. The summed E-state index contributed by atoms with van der Waals surface area (Å²) in [6, 6.07) is 2.23. The third-order valence-electron chi connectivity index (χ3n) is 3.89. The van der Waals surface area contributed by atoms with Gasteiger partial charge in [-0.3, -0.25) is 4.79 Å². The van der Waals surface area contributed by atoms with Crippen molar-refractivity contribution in [3.05, 3.63) is 29.3 Å². The Balaban J connectivity index is 2.30. The Labute approximate surface area is 143 Å². The highest BCUT2D eigenvalue weighted by atomic mass is 19.4. The van der Waals surface area contributed by atoms with E-state index in [2.05, 4.69) is 0 Å². The molecule has 0 saturated heterocycles. The molecule has 3 N–H and O–H groups in total. The van der Waals surface area contributed by atoms with Crippen LogP contribution in [0.15, 0.2) is 18.2 Å². The molecule has 2 atom stereocenters. The van der Waals surface area contributed by atoms with E-state index in [4.69, 9.17) is 15.2 Å². The van der Waals surface area contributed by atoms with Gasteiger partial charge in [0.05, 0.1) is 6.61 Å². The molecule has 1 aliphatic heterocycles. The number of esters is 1. The standard InChI is InChI=1S/C17H22F3NO4/c1-15(2,3)25-14(22)13(21)16(23,17(18,19)20)9-10-4-5-12-11(8-10)6-7-24-12/h4-5,8,13,23H,6-7,9,21H2,1-3H3/t13-,16-/m1/s1. The Morgan fingerprint density at radius 3 is 2.56 bits per heavy atom. The van der Waals surface area contributed by atoms with Crippen LogP contribution in [0.5, 0.6) is 5.75 Å². The molecular weight excluding hydrogens is 339 g/mol. The van der Waals surface area contributed by atoms with Gasteiger partial charge in [0, 0.05) is 12.8 Å². The number of nitrogens with two attached hydrogens (primary N) is 1. The molecule has 0 radical (unpaired) electrons. The van der Waals surface area contributed by atoms with Crippen LogP contribution in [0.1, 0.15) is 31.9 Å². The lowest BCUT2D eigenvalue weighted by Crippen LogP contribution is -2.63. The van der Waals surface area contributed by atoms with E-state index in [9.17, 15) is 23.1 Å². The summed E-state index contributed by atoms with van der Waals surface area (Å²) in [4.78, 5) is 12.0. The largest absolute Gasteiger partial charge is 0.493 e. The van der Waals surface area contributed by atoms with Crippen molar-refractivity contribution >= 4 is 5.97 Å². The summed E-state index contributed by atoms with van der Waals surface area (Å²) in [6.45, 7) is 4.97. The first-order chi connectivity index (χ1) is 11.3. The summed E-state index contributed by atoms with van der Waals surface area (Å²) in [5, 5.41) is 10.3. The minimum absolute atomic E-state index is 0.211. The molecule has 0 aliphatic carbocycles. The quantitative estimate of drug-likeness (QED) is 0.803. The fourth-order valence-electron chi connectivity index (χ4n) is 2.61. The predicted octanol–water partition coefficient (Wildman–Crippen LogP) is 2.13. The maximum Gasteiger partial charge on any atom is 0.419 e. The average molecular weight is 361 g/mol. The normalized spacial score (nSPS) is 18.1. The number of hydrogen-bond donors (Lipinski definition) is 2. The second-order valence-electron chi connectivity index (χ2n) is 7.15. The Bertz CT molecular complexity index is 654. The minimum Gasteiger partial charge on any atom is -0.493 e. The third-order valence-corrected chi connectivity index (χ3v) is 3.89. The zero-order valence-electron chi connectivity index (χ0n) is 14.3. The monoisotopic (exact) mass is 361 g/mol. The van der Waals surface area contributed by atoms with Crippen molar-refractivity contribution in [2.45, 2.75) is 57.0 Å². The van der Waals surface area contributed by atoms with Crippen molar-refractivity contribution in [1.29, 1.82) is 0 Å². The molecule has 0 unspecified atom stereocenters.